The number of hydrogen-bond acceptors (Lipinski definition) is 3. The predicted octanol–water partition coefficient (Wildman–Crippen LogP) is 1.36. The average Bonchev–Trinajstić information content (AvgIpc) is 2.26. The standard InChI is InChI=1S/C13H21N3O/c1-13(2,3)9-16-12(17)10-5-7-15-11(8-10)4-6-14/h5,7-8H,4,6,9,14H2,1-3H3,(H,16,17). The van der Waals surface area contributed by atoms with Gasteiger partial charge in [-0.15, -0.1) is 0 Å². The van der Waals surface area contributed by atoms with Crippen molar-refractivity contribution in [3.63, 3.8) is 0 Å². The van der Waals surface area contributed by atoms with Crippen LogP contribution in [0.2, 0.25) is 0 Å². The third kappa shape index (κ3) is 4.95. The monoisotopic (exact) mass is 235 g/mol. The van der Waals surface area contributed by atoms with Crippen LogP contribution < -0.4 is 11.1 Å². The minimum atomic E-state index is -0.0550. The molecule has 0 aliphatic carbocycles. The van der Waals surface area contributed by atoms with E-state index in [2.05, 4.69) is 31.1 Å². The molecule has 1 amide bonds. The number of aromatic nitrogens is 1. The molecule has 0 bridgehead atoms. The molecule has 0 fully saturated rings. The van der Waals surface area contributed by atoms with Gasteiger partial charge in [0.15, 0.2) is 0 Å². The molecule has 0 spiro atoms. The highest BCUT2D eigenvalue weighted by Gasteiger charge is 2.13. The molecule has 0 radical (unpaired) electrons. The Morgan fingerprint density at radius 1 is 1.47 bits per heavy atom. The summed E-state index contributed by atoms with van der Waals surface area (Å²) in [5.41, 5.74) is 7.05. The number of hydrogen-bond donors (Lipinski definition) is 2. The molecule has 0 aromatic carbocycles. The number of nitrogens with zero attached hydrogens (tertiary/aromatic N) is 1. The minimum Gasteiger partial charge on any atom is -0.352 e. The zero-order chi connectivity index (χ0) is 12.9. The lowest BCUT2D eigenvalue weighted by atomic mass is 9.97. The molecule has 4 nitrogen and oxygen atoms in total. The Labute approximate surface area is 103 Å². The van der Waals surface area contributed by atoms with E-state index in [1.165, 1.54) is 0 Å². The average molecular weight is 235 g/mol. The van der Waals surface area contributed by atoms with Crippen LogP contribution in [-0.2, 0) is 6.42 Å². The van der Waals surface area contributed by atoms with E-state index < -0.39 is 0 Å². The Bertz CT molecular complexity index is 382. The summed E-state index contributed by atoms with van der Waals surface area (Å²) in [4.78, 5) is 16.0. The van der Waals surface area contributed by atoms with Gasteiger partial charge in [0.05, 0.1) is 0 Å². The lowest BCUT2D eigenvalue weighted by Gasteiger charge is -2.18. The summed E-state index contributed by atoms with van der Waals surface area (Å²) in [6, 6.07) is 3.52. The van der Waals surface area contributed by atoms with Crippen LogP contribution in [0.1, 0.15) is 36.8 Å². The SMILES string of the molecule is CC(C)(C)CNC(=O)c1ccnc(CCN)c1. The second-order valence-corrected chi connectivity index (χ2v) is 5.32. The first-order valence-electron chi connectivity index (χ1n) is 5.85. The van der Waals surface area contributed by atoms with Gasteiger partial charge in [0.1, 0.15) is 0 Å². The number of pyridine rings is 1. The van der Waals surface area contributed by atoms with Gasteiger partial charge in [-0.25, -0.2) is 0 Å². The van der Waals surface area contributed by atoms with Crippen LogP contribution >= 0.6 is 0 Å². The summed E-state index contributed by atoms with van der Waals surface area (Å²) in [7, 11) is 0. The first-order chi connectivity index (χ1) is 7.92. The zero-order valence-electron chi connectivity index (χ0n) is 10.8. The Morgan fingerprint density at radius 3 is 2.76 bits per heavy atom. The van der Waals surface area contributed by atoms with E-state index in [1.807, 2.05) is 0 Å². The Balaban J connectivity index is 2.65. The van der Waals surface area contributed by atoms with Crippen molar-refractivity contribution in [3.8, 4) is 0 Å². The maximum Gasteiger partial charge on any atom is 0.251 e. The van der Waals surface area contributed by atoms with Crippen LogP contribution in [0.15, 0.2) is 18.3 Å². The second kappa shape index (κ2) is 5.77. The van der Waals surface area contributed by atoms with Crippen molar-refractivity contribution in [2.24, 2.45) is 11.1 Å². The molecule has 0 saturated carbocycles. The third-order valence-corrected chi connectivity index (χ3v) is 2.26. The fraction of sp³-hybridized carbons (Fsp3) is 0.538. The Kier molecular flexibility index (Phi) is 4.63. The van der Waals surface area contributed by atoms with Gasteiger partial charge in [-0.1, -0.05) is 20.8 Å². The first kappa shape index (κ1) is 13.6. The van der Waals surface area contributed by atoms with Gasteiger partial charge in [0.25, 0.3) is 5.91 Å². The molecule has 1 aromatic rings. The van der Waals surface area contributed by atoms with Crippen molar-refractivity contribution in [2.75, 3.05) is 13.1 Å². The highest BCUT2D eigenvalue weighted by atomic mass is 16.1. The van der Waals surface area contributed by atoms with Gasteiger partial charge in [0, 0.05) is 30.4 Å². The molecule has 0 aliphatic rings. The van der Waals surface area contributed by atoms with Gasteiger partial charge in [-0.3, -0.25) is 9.78 Å². The maximum atomic E-state index is 11.9. The molecule has 3 N–H and O–H groups in total. The second-order valence-electron chi connectivity index (χ2n) is 5.32. The number of amides is 1. The molecule has 1 heterocycles. The van der Waals surface area contributed by atoms with Crippen molar-refractivity contribution < 1.29 is 4.79 Å². The molecule has 1 aromatic heterocycles. The number of nitrogens with two attached hydrogens (primary N) is 1. The molecule has 0 unspecified atom stereocenters. The molecule has 1 rings (SSSR count). The number of carbonyl (C=O) groups excluding carboxylic acids is 1. The van der Waals surface area contributed by atoms with Crippen molar-refractivity contribution in [1.82, 2.24) is 10.3 Å². The Hall–Kier alpha value is -1.42. The summed E-state index contributed by atoms with van der Waals surface area (Å²) in [5, 5.41) is 2.91. The van der Waals surface area contributed by atoms with E-state index in [9.17, 15) is 4.79 Å². The van der Waals surface area contributed by atoms with Gasteiger partial charge >= 0.3 is 0 Å². The zero-order valence-corrected chi connectivity index (χ0v) is 10.8. The number of nitrogens with one attached hydrogen (secondary N) is 1. The fourth-order valence-electron chi connectivity index (χ4n) is 1.35. The minimum absolute atomic E-state index is 0.0550. The van der Waals surface area contributed by atoms with E-state index in [0.717, 1.165) is 5.69 Å². The predicted molar refractivity (Wildman–Crippen MR) is 68.8 cm³/mol. The quantitative estimate of drug-likeness (QED) is 0.828. The highest BCUT2D eigenvalue weighted by molar-refractivity contribution is 5.94. The van der Waals surface area contributed by atoms with E-state index in [4.69, 9.17) is 5.73 Å². The largest absolute Gasteiger partial charge is 0.352 e. The van der Waals surface area contributed by atoms with Crippen molar-refractivity contribution in [2.45, 2.75) is 27.2 Å². The molecule has 17 heavy (non-hydrogen) atoms. The van der Waals surface area contributed by atoms with Crippen LogP contribution in [0, 0.1) is 5.41 Å². The Morgan fingerprint density at radius 2 is 2.18 bits per heavy atom. The molecule has 94 valence electrons. The summed E-state index contributed by atoms with van der Waals surface area (Å²) in [6.45, 7) is 7.44. The van der Waals surface area contributed by atoms with Gasteiger partial charge < -0.3 is 11.1 Å². The van der Waals surface area contributed by atoms with Crippen LogP contribution in [0.5, 0.6) is 0 Å². The van der Waals surface area contributed by atoms with E-state index >= 15 is 0 Å². The summed E-state index contributed by atoms with van der Waals surface area (Å²) < 4.78 is 0. The maximum absolute atomic E-state index is 11.9. The van der Waals surface area contributed by atoms with Crippen molar-refractivity contribution in [1.29, 1.82) is 0 Å². The van der Waals surface area contributed by atoms with Crippen molar-refractivity contribution in [3.05, 3.63) is 29.6 Å². The lowest BCUT2D eigenvalue weighted by molar-refractivity contribution is 0.0939. The summed E-state index contributed by atoms with van der Waals surface area (Å²) in [6.07, 6.45) is 2.34. The molecule has 4 heteroatoms. The van der Waals surface area contributed by atoms with Crippen LogP contribution in [-0.4, -0.2) is 24.0 Å². The smallest absolute Gasteiger partial charge is 0.251 e. The topological polar surface area (TPSA) is 68.0 Å². The highest BCUT2D eigenvalue weighted by Crippen LogP contribution is 2.11. The normalized spacial score (nSPS) is 11.3. The van der Waals surface area contributed by atoms with Crippen LogP contribution in [0.25, 0.3) is 0 Å². The third-order valence-electron chi connectivity index (χ3n) is 2.26. The van der Waals surface area contributed by atoms with E-state index in [-0.39, 0.29) is 11.3 Å². The van der Waals surface area contributed by atoms with Crippen molar-refractivity contribution >= 4 is 5.91 Å². The summed E-state index contributed by atoms with van der Waals surface area (Å²) in [5.74, 6) is -0.0550. The molecular weight excluding hydrogens is 214 g/mol. The number of carbonyl (C=O) groups is 1. The molecule has 0 atom stereocenters. The van der Waals surface area contributed by atoms with E-state index in [1.54, 1.807) is 18.3 Å². The molecular formula is C13H21N3O. The van der Waals surface area contributed by atoms with Gasteiger partial charge in [0.2, 0.25) is 0 Å². The van der Waals surface area contributed by atoms with Crippen LogP contribution in [0.3, 0.4) is 0 Å². The summed E-state index contributed by atoms with van der Waals surface area (Å²) >= 11 is 0. The van der Waals surface area contributed by atoms with Crippen LogP contribution in [0.4, 0.5) is 0 Å². The molecule has 0 aliphatic heterocycles. The fourth-order valence-corrected chi connectivity index (χ4v) is 1.35. The molecule has 0 saturated heterocycles. The van der Waals surface area contributed by atoms with Gasteiger partial charge in [-0.05, 0) is 24.1 Å². The lowest BCUT2D eigenvalue weighted by Crippen LogP contribution is -2.32. The number of rotatable bonds is 4. The first-order valence-corrected chi connectivity index (χ1v) is 5.85. The van der Waals surface area contributed by atoms with Gasteiger partial charge in [-0.2, -0.15) is 0 Å². The van der Waals surface area contributed by atoms with E-state index in [0.29, 0.717) is 25.1 Å².